The predicted molar refractivity (Wildman–Crippen MR) is 113 cm³/mol. The summed E-state index contributed by atoms with van der Waals surface area (Å²) in [4.78, 5) is 28.6. The maximum absolute atomic E-state index is 12.6. The van der Waals surface area contributed by atoms with E-state index in [0.29, 0.717) is 46.9 Å². The molecule has 0 bridgehead atoms. The van der Waals surface area contributed by atoms with Crippen LogP contribution in [0.25, 0.3) is 5.65 Å². The molecule has 2 aromatic heterocycles. The van der Waals surface area contributed by atoms with Gasteiger partial charge in [-0.05, 0) is 41.8 Å². The highest BCUT2D eigenvalue weighted by atomic mass is 79.9. The number of nitrogens with two attached hydrogens (primary N) is 1. The van der Waals surface area contributed by atoms with Crippen molar-refractivity contribution < 1.29 is 19.1 Å². The Morgan fingerprint density at radius 3 is 2.63 bits per heavy atom. The van der Waals surface area contributed by atoms with Gasteiger partial charge in [0, 0.05) is 34.4 Å². The summed E-state index contributed by atoms with van der Waals surface area (Å²) in [7, 11) is 0. The summed E-state index contributed by atoms with van der Waals surface area (Å²) < 4.78 is 13.4. The van der Waals surface area contributed by atoms with Gasteiger partial charge in [0.2, 0.25) is 5.91 Å². The molecule has 9 nitrogen and oxygen atoms in total. The first-order valence-corrected chi connectivity index (χ1v) is 10.2. The van der Waals surface area contributed by atoms with Crippen molar-refractivity contribution in [1.82, 2.24) is 14.6 Å². The van der Waals surface area contributed by atoms with Crippen molar-refractivity contribution in [1.29, 1.82) is 0 Å². The standard InChI is InChI=1S/C20H20BrN5O4/c1-10-12(11(2)26-20(24-10)13(9-23-26)19(22)28)3-4-18(27)25-15-8-17-16(7-14(15)21)29-5-6-30-17/h7-9H,3-6H2,1-2H3,(H2,22,28)(H,25,27). The number of hydrogen-bond donors (Lipinski definition) is 2. The topological polar surface area (TPSA) is 121 Å². The van der Waals surface area contributed by atoms with E-state index in [1.165, 1.54) is 6.20 Å². The maximum atomic E-state index is 12.6. The van der Waals surface area contributed by atoms with E-state index in [1.807, 2.05) is 13.8 Å². The third-order valence-electron chi connectivity index (χ3n) is 4.98. The van der Waals surface area contributed by atoms with E-state index >= 15 is 0 Å². The molecule has 4 rings (SSSR count). The van der Waals surface area contributed by atoms with Crippen LogP contribution in [0.2, 0.25) is 0 Å². The van der Waals surface area contributed by atoms with Crippen LogP contribution in [0, 0.1) is 13.8 Å². The van der Waals surface area contributed by atoms with Gasteiger partial charge in [-0.3, -0.25) is 9.59 Å². The van der Waals surface area contributed by atoms with Gasteiger partial charge in [0.05, 0.1) is 11.9 Å². The number of anilines is 1. The van der Waals surface area contributed by atoms with Crippen LogP contribution >= 0.6 is 15.9 Å². The van der Waals surface area contributed by atoms with E-state index < -0.39 is 5.91 Å². The normalized spacial score (nSPS) is 12.8. The van der Waals surface area contributed by atoms with Gasteiger partial charge in [-0.15, -0.1) is 0 Å². The number of benzene rings is 1. The minimum Gasteiger partial charge on any atom is -0.486 e. The van der Waals surface area contributed by atoms with Crippen LogP contribution in [0.1, 0.15) is 33.7 Å². The van der Waals surface area contributed by atoms with E-state index in [0.717, 1.165) is 17.0 Å². The number of aromatic nitrogens is 3. The highest BCUT2D eigenvalue weighted by Crippen LogP contribution is 2.38. The Morgan fingerprint density at radius 1 is 1.23 bits per heavy atom. The summed E-state index contributed by atoms with van der Waals surface area (Å²) in [5.74, 6) is 0.523. The molecule has 3 aromatic rings. The predicted octanol–water partition coefficient (Wildman–Crippen LogP) is 2.55. The number of aryl methyl sites for hydroxylation is 2. The molecule has 1 aliphatic rings. The van der Waals surface area contributed by atoms with E-state index in [1.54, 1.807) is 16.6 Å². The van der Waals surface area contributed by atoms with Gasteiger partial charge in [-0.1, -0.05) is 0 Å². The molecule has 1 aliphatic heterocycles. The molecule has 0 spiro atoms. The fraction of sp³-hybridized carbons (Fsp3) is 0.300. The van der Waals surface area contributed by atoms with Crippen LogP contribution in [0.15, 0.2) is 22.8 Å². The van der Waals surface area contributed by atoms with Gasteiger partial charge >= 0.3 is 0 Å². The smallest absolute Gasteiger partial charge is 0.254 e. The second-order valence-electron chi connectivity index (χ2n) is 6.94. The Kier molecular flexibility index (Phi) is 5.33. The van der Waals surface area contributed by atoms with Gasteiger partial charge in [0.15, 0.2) is 17.1 Å². The summed E-state index contributed by atoms with van der Waals surface area (Å²) in [6.07, 6.45) is 2.13. The van der Waals surface area contributed by atoms with Gasteiger partial charge in [-0.25, -0.2) is 9.50 Å². The summed E-state index contributed by atoms with van der Waals surface area (Å²) in [6, 6.07) is 3.53. The summed E-state index contributed by atoms with van der Waals surface area (Å²) >= 11 is 3.45. The van der Waals surface area contributed by atoms with Crippen molar-refractivity contribution in [2.75, 3.05) is 18.5 Å². The molecular weight excluding hydrogens is 454 g/mol. The highest BCUT2D eigenvalue weighted by Gasteiger charge is 2.19. The zero-order valence-electron chi connectivity index (χ0n) is 16.5. The highest BCUT2D eigenvalue weighted by molar-refractivity contribution is 9.10. The fourth-order valence-corrected chi connectivity index (χ4v) is 3.88. The van der Waals surface area contributed by atoms with Crippen LogP contribution in [0.5, 0.6) is 11.5 Å². The molecule has 156 valence electrons. The third-order valence-corrected chi connectivity index (χ3v) is 5.64. The lowest BCUT2D eigenvalue weighted by Crippen LogP contribution is -2.17. The zero-order valence-corrected chi connectivity index (χ0v) is 18.1. The molecular formula is C20H20BrN5O4. The minimum absolute atomic E-state index is 0.149. The maximum Gasteiger partial charge on any atom is 0.254 e. The largest absolute Gasteiger partial charge is 0.486 e. The molecule has 3 heterocycles. The van der Waals surface area contributed by atoms with Crippen LogP contribution in [0.3, 0.4) is 0 Å². The number of carbonyl (C=O) groups excluding carboxylic acids is 2. The van der Waals surface area contributed by atoms with Crippen molar-refractivity contribution >= 4 is 39.1 Å². The molecule has 3 N–H and O–H groups in total. The molecule has 0 aliphatic carbocycles. The average molecular weight is 474 g/mol. The molecule has 0 saturated heterocycles. The number of nitrogens with one attached hydrogen (secondary N) is 1. The number of halogens is 1. The van der Waals surface area contributed by atoms with E-state index in [-0.39, 0.29) is 17.9 Å². The molecule has 1 aromatic carbocycles. The number of primary amides is 1. The fourth-order valence-electron chi connectivity index (χ4n) is 3.46. The van der Waals surface area contributed by atoms with Crippen LogP contribution in [0.4, 0.5) is 5.69 Å². The van der Waals surface area contributed by atoms with Crippen molar-refractivity contribution in [3.63, 3.8) is 0 Å². The van der Waals surface area contributed by atoms with Crippen LogP contribution in [-0.4, -0.2) is 39.6 Å². The van der Waals surface area contributed by atoms with E-state index in [4.69, 9.17) is 15.2 Å². The van der Waals surface area contributed by atoms with E-state index in [9.17, 15) is 9.59 Å². The number of fused-ring (bicyclic) bond motifs is 2. The molecule has 0 unspecified atom stereocenters. The van der Waals surface area contributed by atoms with Crippen molar-refractivity contribution in [3.05, 3.63) is 45.3 Å². The molecule has 0 radical (unpaired) electrons. The van der Waals surface area contributed by atoms with Crippen molar-refractivity contribution in [2.24, 2.45) is 5.73 Å². The molecule has 2 amide bonds. The zero-order chi connectivity index (χ0) is 21.4. The summed E-state index contributed by atoms with van der Waals surface area (Å²) in [6.45, 7) is 4.69. The van der Waals surface area contributed by atoms with Gasteiger partial charge in [0.25, 0.3) is 5.91 Å². The Bertz CT molecular complexity index is 1170. The molecule has 0 saturated carbocycles. The molecule has 0 atom stereocenters. The first kappa shape index (κ1) is 20.1. The van der Waals surface area contributed by atoms with Gasteiger partial charge in [-0.2, -0.15) is 5.10 Å². The van der Waals surface area contributed by atoms with Gasteiger partial charge < -0.3 is 20.5 Å². The number of amides is 2. The molecule has 30 heavy (non-hydrogen) atoms. The van der Waals surface area contributed by atoms with Crippen LogP contribution in [-0.2, 0) is 11.2 Å². The van der Waals surface area contributed by atoms with Crippen LogP contribution < -0.4 is 20.5 Å². The average Bonchev–Trinajstić information content (AvgIpc) is 3.12. The lowest BCUT2D eigenvalue weighted by atomic mass is 10.1. The second-order valence-corrected chi connectivity index (χ2v) is 7.80. The quantitative estimate of drug-likeness (QED) is 0.587. The first-order valence-electron chi connectivity index (χ1n) is 9.37. The van der Waals surface area contributed by atoms with E-state index in [2.05, 4.69) is 31.3 Å². The molecule has 0 fully saturated rings. The number of hydrogen-bond acceptors (Lipinski definition) is 6. The van der Waals surface area contributed by atoms with Crippen molar-refractivity contribution in [2.45, 2.75) is 26.7 Å². The number of rotatable bonds is 5. The van der Waals surface area contributed by atoms with Gasteiger partial charge in [0.1, 0.15) is 18.8 Å². The SMILES string of the molecule is Cc1nc2c(C(N)=O)cnn2c(C)c1CCC(=O)Nc1cc2c(cc1Br)OCCO2. The Labute approximate surface area is 180 Å². The number of nitrogens with zero attached hydrogens (tertiary/aromatic N) is 3. The summed E-state index contributed by atoms with van der Waals surface area (Å²) in [5, 5.41) is 7.11. The second kappa shape index (κ2) is 7.94. The summed E-state index contributed by atoms with van der Waals surface area (Å²) in [5.41, 5.74) is 9.14. The van der Waals surface area contributed by atoms with Crippen molar-refractivity contribution in [3.8, 4) is 11.5 Å². The molecule has 10 heteroatoms. The number of ether oxygens (including phenoxy) is 2. The lowest BCUT2D eigenvalue weighted by Gasteiger charge is -2.20. The Hall–Kier alpha value is -3.14. The number of carbonyl (C=O) groups is 2. The third kappa shape index (κ3) is 3.70. The lowest BCUT2D eigenvalue weighted by molar-refractivity contribution is -0.116. The minimum atomic E-state index is -0.576. The monoisotopic (exact) mass is 473 g/mol. The Balaban J connectivity index is 1.50. The first-order chi connectivity index (χ1) is 14.3. The Morgan fingerprint density at radius 2 is 1.93 bits per heavy atom.